The molecule has 1 fully saturated rings. The highest BCUT2D eigenvalue weighted by Gasteiger charge is 2.29. The average molecular weight is 324 g/mol. The quantitative estimate of drug-likeness (QED) is 0.855. The van der Waals surface area contributed by atoms with Crippen molar-refractivity contribution in [3.63, 3.8) is 0 Å². The molecule has 0 aliphatic heterocycles. The number of benzene rings is 2. The number of nitrogens with one attached hydrogen (secondary N) is 2. The lowest BCUT2D eigenvalue weighted by Crippen LogP contribution is -2.30. The number of amides is 2. The summed E-state index contributed by atoms with van der Waals surface area (Å²) in [5.41, 5.74) is 1.39. The summed E-state index contributed by atoms with van der Waals surface area (Å²) in [5.74, 6) is 0.656. The molecule has 24 heavy (non-hydrogen) atoms. The summed E-state index contributed by atoms with van der Waals surface area (Å²) in [7, 11) is 0. The number of rotatable bonds is 6. The first-order valence-corrected chi connectivity index (χ1v) is 8.05. The number of anilines is 2. The van der Waals surface area contributed by atoms with E-state index in [4.69, 9.17) is 4.74 Å². The second kappa shape index (κ2) is 7.17. The van der Waals surface area contributed by atoms with Crippen LogP contribution in [-0.2, 0) is 9.59 Å². The Bertz CT molecular complexity index is 709. The summed E-state index contributed by atoms with van der Waals surface area (Å²) in [5, 5.41) is 5.66. The fourth-order valence-electron chi connectivity index (χ4n) is 2.23. The Morgan fingerprint density at radius 3 is 2.12 bits per heavy atom. The number of ether oxygens (including phenoxy) is 1. The van der Waals surface area contributed by atoms with Gasteiger partial charge in [-0.25, -0.2) is 0 Å². The topological polar surface area (TPSA) is 67.4 Å². The van der Waals surface area contributed by atoms with Crippen LogP contribution in [-0.4, -0.2) is 17.9 Å². The summed E-state index contributed by atoms with van der Waals surface area (Å²) in [6.45, 7) is 1.70. The summed E-state index contributed by atoms with van der Waals surface area (Å²) >= 11 is 0. The number of hydrogen-bond donors (Lipinski definition) is 2. The van der Waals surface area contributed by atoms with Crippen molar-refractivity contribution in [1.29, 1.82) is 0 Å². The van der Waals surface area contributed by atoms with E-state index in [1.165, 1.54) is 0 Å². The van der Waals surface area contributed by atoms with Gasteiger partial charge in [0, 0.05) is 17.3 Å². The van der Waals surface area contributed by atoms with Gasteiger partial charge in [0.05, 0.1) is 0 Å². The van der Waals surface area contributed by atoms with Crippen molar-refractivity contribution in [1.82, 2.24) is 0 Å². The van der Waals surface area contributed by atoms with Gasteiger partial charge in [0.15, 0.2) is 6.10 Å². The number of carbonyl (C=O) groups is 2. The molecule has 0 radical (unpaired) electrons. The molecular formula is C19H20N2O3. The van der Waals surface area contributed by atoms with Crippen LogP contribution >= 0.6 is 0 Å². The Morgan fingerprint density at radius 2 is 1.54 bits per heavy atom. The smallest absolute Gasteiger partial charge is 0.265 e. The molecule has 0 spiro atoms. The van der Waals surface area contributed by atoms with Crippen LogP contribution in [0.15, 0.2) is 54.6 Å². The van der Waals surface area contributed by atoms with E-state index in [1.807, 2.05) is 18.2 Å². The maximum atomic E-state index is 12.2. The van der Waals surface area contributed by atoms with Gasteiger partial charge in [0.2, 0.25) is 5.91 Å². The third-order valence-electron chi connectivity index (χ3n) is 3.79. The Balaban J connectivity index is 1.52. The fourth-order valence-corrected chi connectivity index (χ4v) is 2.23. The molecule has 1 aliphatic rings. The molecule has 1 unspecified atom stereocenters. The molecule has 0 saturated heterocycles. The van der Waals surface area contributed by atoms with Gasteiger partial charge in [-0.15, -0.1) is 0 Å². The zero-order valence-corrected chi connectivity index (χ0v) is 13.5. The van der Waals surface area contributed by atoms with Crippen molar-refractivity contribution < 1.29 is 14.3 Å². The molecule has 1 atom stereocenters. The molecule has 1 aliphatic carbocycles. The second-order valence-corrected chi connectivity index (χ2v) is 5.90. The van der Waals surface area contributed by atoms with Crippen LogP contribution in [0.3, 0.4) is 0 Å². The third-order valence-corrected chi connectivity index (χ3v) is 3.79. The van der Waals surface area contributed by atoms with Crippen molar-refractivity contribution >= 4 is 23.2 Å². The molecular weight excluding hydrogens is 304 g/mol. The van der Waals surface area contributed by atoms with Crippen LogP contribution in [0.4, 0.5) is 11.4 Å². The molecule has 5 nitrogen and oxygen atoms in total. The standard InChI is InChI=1S/C19H20N2O3/c1-13(24-17-5-3-2-4-6-17)18(22)20-15-9-11-16(12-10-15)21-19(23)14-7-8-14/h2-6,9-14H,7-8H2,1H3,(H,20,22)(H,21,23). The second-order valence-electron chi connectivity index (χ2n) is 5.90. The summed E-state index contributed by atoms with van der Waals surface area (Å²) < 4.78 is 5.59. The lowest BCUT2D eigenvalue weighted by atomic mass is 10.2. The van der Waals surface area contributed by atoms with E-state index >= 15 is 0 Å². The minimum atomic E-state index is -0.610. The monoisotopic (exact) mass is 324 g/mol. The van der Waals surface area contributed by atoms with E-state index in [-0.39, 0.29) is 17.7 Å². The lowest BCUT2D eigenvalue weighted by Gasteiger charge is -2.15. The Labute approximate surface area is 141 Å². The molecule has 0 aromatic heterocycles. The minimum Gasteiger partial charge on any atom is -0.481 e. The van der Waals surface area contributed by atoms with Gasteiger partial charge in [-0.1, -0.05) is 18.2 Å². The van der Waals surface area contributed by atoms with Crippen molar-refractivity contribution in [2.45, 2.75) is 25.9 Å². The Kier molecular flexibility index (Phi) is 4.79. The zero-order chi connectivity index (χ0) is 16.9. The van der Waals surface area contributed by atoms with Crippen molar-refractivity contribution in [3.05, 3.63) is 54.6 Å². The van der Waals surface area contributed by atoms with Gasteiger partial charge in [0.25, 0.3) is 5.91 Å². The molecule has 2 aromatic rings. The van der Waals surface area contributed by atoms with Gasteiger partial charge in [-0.2, -0.15) is 0 Å². The molecule has 3 rings (SSSR count). The summed E-state index contributed by atoms with van der Waals surface area (Å²) in [6.07, 6.45) is 1.33. The normalized spacial score (nSPS) is 14.5. The number of carbonyl (C=O) groups excluding carboxylic acids is 2. The lowest BCUT2D eigenvalue weighted by molar-refractivity contribution is -0.122. The predicted molar refractivity (Wildman–Crippen MR) is 93.0 cm³/mol. The minimum absolute atomic E-state index is 0.0664. The van der Waals surface area contributed by atoms with Gasteiger partial charge in [0.1, 0.15) is 5.75 Å². The number of para-hydroxylation sites is 1. The van der Waals surface area contributed by atoms with Crippen LogP contribution in [0, 0.1) is 5.92 Å². The van der Waals surface area contributed by atoms with Gasteiger partial charge in [-0.3, -0.25) is 9.59 Å². The van der Waals surface area contributed by atoms with E-state index in [0.717, 1.165) is 18.5 Å². The van der Waals surface area contributed by atoms with E-state index in [1.54, 1.807) is 43.3 Å². The van der Waals surface area contributed by atoms with Crippen LogP contribution in [0.5, 0.6) is 5.75 Å². The van der Waals surface area contributed by atoms with Crippen LogP contribution < -0.4 is 15.4 Å². The van der Waals surface area contributed by atoms with E-state index in [9.17, 15) is 9.59 Å². The molecule has 2 aromatic carbocycles. The van der Waals surface area contributed by atoms with Crippen molar-refractivity contribution in [3.8, 4) is 5.75 Å². The molecule has 1 saturated carbocycles. The van der Waals surface area contributed by atoms with Crippen LogP contribution in [0.25, 0.3) is 0 Å². The highest BCUT2D eigenvalue weighted by atomic mass is 16.5. The van der Waals surface area contributed by atoms with Gasteiger partial charge >= 0.3 is 0 Å². The maximum Gasteiger partial charge on any atom is 0.265 e. The molecule has 2 amide bonds. The van der Waals surface area contributed by atoms with Crippen LogP contribution in [0.2, 0.25) is 0 Å². The highest BCUT2D eigenvalue weighted by Crippen LogP contribution is 2.30. The van der Waals surface area contributed by atoms with Crippen molar-refractivity contribution in [2.24, 2.45) is 5.92 Å². The molecule has 0 heterocycles. The Hall–Kier alpha value is -2.82. The molecule has 124 valence electrons. The maximum absolute atomic E-state index is 12.2. The summed E-state index contributed by atoms with van der Waals surface area (Å²) in [6, 6.07) is 16.3. The van der Waals surface area contributed by atoms with Gasteiger partial charge in [-0.05, 0) is 56.2 Å². The van der Waals surface area contributed by atoms with Gasteiger partial charge < -0.3 is 15.4 Å². The zero-order valence-electron chi connectivity index (χ0n) is 13.5. The first kappa shape index (κ1) is 16.1. The molecule has 0 bridgehead atoms. The van der Waals surface area contributed by atoms with Crippen LogP contribution in [0.1, 0.15) is 19.8 Å². The number of hydrogen-bond acceptors (Lipinski definition) is 3. The van der Waals surface area contributed by atoms with E-state index in [0.29, 0.717) is 11.4 Å². The third kappa shape index (κ3) is 4.35. The Morgan fingerprint density at radius 1 is 0.958 bits per heavy atom. The average Bonchev–Trinajstić information content (AvgIpc) is 3.42. The van der Waals surface area contributed by atoms with E-state index < -0.39 is 6.10 Å². The first-order valence-electron chi connectivity index (χ1n) is 8.05. The van der Waals surface area contributed by atoms with E-state index in [2.05, 4.69) is 10.6 Å². The van der Waals surface area contributed by atoms with Crippen molar-refractivity contribution in [2.75, 3.05) is 10.6 Å². The first-order chi connectivity index (χ1) is 11.6. The SMILES string of the molecule is CC(Oc1ccccc1)C(=O)Nc1ccc(NC(=O)C2CC2)cc1. The largest absolute Gasteiger partial charge is 0.481 e. The molecule has 2 N–H and O–H groups in total. The predicted octanol–water partition coefficient (Wildman–Crippen LogP) is 3.44. The summed E-state index contributed by atoms with van der Waals surface area (Å²) in [4.78, 5) is 23.9. The highest BCUT2D eigenvalue weighted by molar-refractivity contribution is 5.96. The molecule has 5 heteroatoms. The fraction of sp³-hybridized carbons (Fsp3) is 0.263.